The molecule has 0 radical (unpaired) electrons. The van der Waals surface area contributed by atoms with Crippen molar-refractivity contribution < 1.29 is 8.94 Å². The van der Waals surface area contributed by atoms with Crippen LogP contribution in [-0.4, -0.2) is 15.1 Å². The highest BCUT2D eigenvalue weighted by molar-refractivity contribution is 7.99. The van der Waals surface area contributed by atoms with Crippen LogP contribution in [0.1, 0.15) is 48.2 Å². The zero-order chi connectivity index (χ0) is 14.4. The fourth-order valence-corrected chi connectivity index (χ4v) is 2.98. The van der Waals surface area contributed by atoms with Gasteiger partial charge in [-0.05, 0) is 44.4 Å². The van der Waals surface area contributed by atoms with Crippen LogP contribution in [0.2, 0.25) is 0 Å². The second kappa shape index (κ2) is 4.87. The molecule has 0 aliphatic heterocycles. The molecule has 1 aliphatic rings. The molecule has 1 saturated carbocycles. The number of aromatic nitrogens is 3. The lowest BCUT2D eigenvalue weighted by Crippen LogP contribution is -1.89. The predicted octanol–water partition coefficient (Wildman–Crippen LogP) is 4.25. The summed E-state index contributed by atoms with van der Waals surface area (Å²) in [4.78, 5) is 8.97. The molecule has 6 heteroatoms. The molecular formula is C15H15N3O2S. The van der Waals surface area contributed by atoms with Gasteiger partial charge in [-0.15, -0.1) is 0 Å². The molecule has 1 aliphatic carbocycles. The second-order valence-corrected chi connectivity index (χ2v) is 6.77. The molecule has 1 atom stereocenters. The fourth-order valence-electron chi connectivity index (χ4n) is 2.19. The average Bonchev–Trinajstić information content (AvgIpc) is 3.05. The van der Waals surface area contributed by atoms with E-state index in [1.54, 1.807) is 0 Å². The van der Waals surface area contributed by atoms with Crippen LogP contribution < -0.4 is 0 Å². The number of fused-ring (bicyclic) bond motifs is 1. The van der Waals surface area contributed by atoms with Crippen LogP contribution in [0, 0.1) is 6.92 Å². The van der Waals surface area contributed by atoms with Gasteiger partial charge >= 0.3 is 0 Å². The second-order valence-electron chi connectivity index (χ2n) is 5.48. The molecule has 2 heterocycles. The van der Waals surface area contributed by atoms with Gasteiger partial charge in [0, 0.05) is 5.92 Å². The lowest BCUT2D eigenvalue weighted by Gasteiger charge is -2.00. The first kappa shape index (κ1) is 12.9. The molecule has 108 valence electrons. The van der Waals surface area contributed by atoms with Gasteiger partial charge in [-0.1, -0.05) is 23.0 Å². The first-order valence-electron chi connectivity index (χ1n) is 7.06. The molecule has 0 amide bonds. The lowest BCUT2D eigenvalue weighted by molar-refractivity contribution is 0.374. The maximum absolute atomic E-state index is 5.74. The number of rotatable bonds is 4. The summed E-state index contributed by atoms with van der Waals surface area (Å²) in [6, 6.07) is 5.99. The minimum Gasteiger partial charge on any atom is -0.431 e. The molecule has 0 unspecified atom stereocenters. The largest absolute Gasteiger partial charge is 0.431 e. The van der Waals surface area contributed by atoms with Gasteiger partial charge in [-0.3, -0.25) is 0 Å². The zero-order valence-electron chi connectivity index (χ0n) is 11.9. The maximum atomic E-state index is 5.74. The molecule has 0 spiro atoms. The molecule has 1 aromatic carbocycles. The summed E-state index contributed by atoms with van der Waals surface area (Å²) in [5, 5.41) is 4.71. The Kier molecular flexibility index (Phi) is 2.99. The molecule has 0 bridgehead atoms. The van der Waals surface area contributed by atoms with Crippen LogP contribution in [0.4, 0.5) is 0 Å². The third-order valence-corrected chi connectivity index (χ3v) is 4.48. The van der Waals surface area contributed by atoms with E-state index in [-0.39, 0.29) is 5.25 Å². The quantitative estimate of drug-likeness (QED) is 0.671. The third-order valence-electron chi connectivity index (χ3n) is 3.55. The van der Waals surface area contributed by atoms with Crippen LogP contribution in [0.15, 0.2) is 32.4 Å². The summed E-state index contributed by atoms with van der Waals surface area (Å²) in [6.07, 6.45) is 2.34. The summed E-state index contributed by atoms with van der Waals surface area (Å²) in [7, 11) is 0. The van der Waals surface area contributed by atoms with E-state index in [0.717, 1.165) is 16.9 Å². The first-order valence-corrected chi connectivity index (χ1v) is 7.94. The number of thioether (sulfide) groups is 1. The average molecular weight is 301 g/mol. The molecular weight excluding hydrogens is 286 g/mol. The van der Waals surface area contributed by atoms with E-state index < -0.39 is 0 Å². The predicted molar refractivity (Wildman–Crippen MR) is 79.3 cm³/mol. The minimum atomic E-state index is 0.0270. The smallest absolute Gasteiger partial charge is 0.257 e. The Morgan fingerprint density at radius 1 is 1.29 bits per heavy atom. The van der Waals surface area contributed by atoms with E-state index in [1.807, 2.05) is 32.0 Å². The van der Waals surface area contributed by atoms with Crippen molar-refractivity contribution in [2.45, 2.75) is 43.1 Å². The lowest BCUT2D eigenvalue weighted by atomic mass is 10.2. The molecule has 0 N–H and O–H groups in total. The van der Waals surface area contributed by atoms with Crippen molar-refractivity contribution in [1.29, 1.82) is 0 Å². The molecule has 21 heavy (non-hydrogen) atoms. The van der Waals surface area contributed by atoms with Gasteiger partial charge in [0.1, 0.15) is 5.52 Å². The van der Waals surface area contributed by atoms with Gasteiger partial charge in [0.2, 0.25) is 5.89 Å². The zero-order valence-corrected chi connectivity index (χ0v) is 12.7. The first-order chi connectivity index (χ1) is 10.2. The van der Waals surface area contributed by atoms with Crippen LogP contribution in [-0.2, 0) is 0 Å². The number of oxazole rings is 1. The standard InChI is InChI=1S/C15H15N3O2S/c1-8-3-6-12-11(7-8)16-15(19-12)21-9(2)14-17-13(18-20-14)10-4-5-10/h3,6-7,9-10H,4-5H2,1-2H3/t9-/m0/s1. The SMILES string of the molecule is Cc1ccc2oc(S[C@@H](C)c3nc(C4CC4)no3)nc2c1. The molecule has 2 aromatic heterocycles. The van der Waals surface area contributed by atoms with Crippen molar-refractivity contribution in [3.63, 3.8) is 0 Å². The summed E-state index contributed by atoms with van der Waals surface area (Å²) in [6.45, 7) is 4.07. The van der Waals surface area contributed by atoms with Gasteiger partial charge in [0.25, 0.3) is 5.22 Å². The van der Waals surface area contributed by atoms with E-state index in [1.165, 1.54) is 30.2 Å². The summed E-state index contributed by atoms with van der Waals surface area (Å²) < 4.78 is 11.1. The van der Waals surface area contributed by atoms with Crippen molar-refractivity contribution in [3.05, 3.63) is 35.5 Å². The van der Waals surface area contributed by atoms with Crippen LogP contribution in [0.5, 0.6) is 0 Å². The van der Waals surface area contributed by atoms with Crippen LogP contribution in [0.3, 0.4) is 0 Å². The van der Waals surface area contributed by atoms with Gasteiger partial charge in [0.05, 0.1) is 5.25 Å². The Balaban J connectivity index is 1.54. The Morgan fingerprint density at radius 2 is 2.14 bits per heavy atom. The fraction of sp³-hybridized carbons (Fsp3) is 0.400. The number of nitrogens with zero attached hydrogens (tertiary/aromatic N) is 3. The van der Waals surface area contributed by atoms with Crippen molar-refractivity contribution in [1.82, 2.24) is 15.1 Å². The van der Waals surface area contributed by atoms with Crippen molar-refractivity contribution >= 4 is 22.9 Å². The molecule has 5 nitrogen and oxygen atoms in total. The summed E-state index contributed by atoms with van der Waals surface area (Å²) in [5.74, 6) is 1.98. The van der Waals surface area contributed by atoms with Gasteiger partial charge in [-0.25, -0.2) is 4.98 Å². The highest BCUT2D eigenvalue weighted by atomic mass is 32.2. The number of aryl methyl sites for hydroxylation is 1. The monoisotopic (exact) mass is 301 g/mol. The van der Waals surface area contributed by atoms with E-state index >= 15 is 0 Å². The van der Waals surface area contributed by atoms with E-state index in [0.29, 0.717) is 17.0 Å². The Bertz CT molecular complexity index is 791. The maximum Gasteiger partial charge on any atom is 0.257 e. The van der Waals surface area contributed by atoms with Crippen LogP contribution in [0.25, 0.3) is 11.1 Å². The third kappa shape index (κ3) is 2.55. The summed E-state index contributed by atoms with van der Waals surface area (Å²) in [5.41, 5.74) is 2.86. The molecule has 3 aromatic rings. The van der Waals surface area contributed by atoms with Crippen molar-refractivity contribution in [3.8, 4) is 0 Å². The number of hydrogen-bond acceptors (Lipinski definition) is 6. The van der Waals surface area contributed by atoms with Crippen LogP contribution >= 0.6 is 11.8 Å². The highest BCUT2D eigenvalue weighted by Crippen LogP contribution is 2.40. The number of hydrogen-bond donors (Lipinski definition) is 0. The van der Waals surface area contributed by atoms with E-state index in [9.17, 15) is 0 Å². The number of benzene rings is 1. The van der Waals surface area contributed by atoms with Gasteiger partial charge in [-0.2, -0.15) is 4.98 Å². The van der Waals surface area contributed by atoms with Gasteiger partial charge in [0.15, 0.2) is 11.4 Å². The Morgan fingerprint density at radius 3 is 2.95 bits per heavy atom. The summed E-state index contributed by atoms with van der Waals surface area (Å²) >= 11 is 1.50. The molecule has 0 saturated heterocycles. The van der Waals surface area contributed by atoms with Crippen molar-refractivity contribution in [2.24, 2.45) is 0 Å². The topological polar surface area (TPSA) is 65.0 Å². The molecule has 1 fully saturated rings. The minimum absolute atomic E-state index is 0.0270. The van der Waals surface area contributed by atoms with Gasteiger partial charge < -0.3 is 8.94 Å². The highest BCUT2D eigenvalue weighted by Gasteiger charge is 2.30. The van der Waals surface area contributed by atoms with Crippen molar-refractivity contribution in [2.75, 3.05) is 0 Å². The Hall–Kier alpha value is -1.82. The Labute approximate surface area is 126 Å². The van der Waals surface area contributed by atoms with E-state index in [4.69, 9.17) is 8.94 Å². The normalized spacial score (nSPS) is 16.5. The van der Waals surface area contributed by atoms with E-state index in [2.05, 4.69) is 15.1 Å². The molecule has 4 rings (SSSR count).